The van der Waals surface area contributed by atoms with E-state index >= 15 is 0 Å². The van der Waals surface area contributed by atoms with Crippen molar-refractivity contribution in [1.82, 2.24) is 63.8 Å². The minimum atomic E-state index is -1.78. The molecule has 1 aromatic rings. The number of hydrogen-bond acceptors (Lipinski definition) is 21. The summed E-state index contributed by atoms with van der Waals surface area (Å²) in [5, 5.41) is 67.6. The number of carboxylic acids is 1. The summed E-state index contributed by atoms with van der Waals surface area (Å²) in [4.78, 5) is 149. The minimum Gasteiger partial charge on any atom is -0.481 e. The molecule has 0 unspecified atom stereocenters. The third kappa shape index (κ3) is 36.9. The van der Waals surface area contributed by atoms with Crippen molar-refractivity contribution in [3.05, 3.63) is 35.9 Å². The van der Waals surface area contributed by atoms with Gasteiger partial charge >= 0.3 is 5.97 Å². The molecule has 0 aliphatic heterocycles. The molecule has 0 saturated heterocycles. The number of oxime groups is 2. The van der Waals surface area contributed by atoms with Crippen molar-refractivity contribution in [3.63, 3.8) is 0 Å². The molecular formula is C61H105N17O14S3. The molecule has 34 heteroatoms. The Morgan fingerprint density at radius 3 is 1.51 bits per heavy atom. The number of rotatable bonds is 49. The van der Waals surface area contributed by atoms with E-state index in [2.05, 4.69) is 104 Å². The zero-order valence-electron chi connectivity index (χ0n) is 56.2. The van der Waals surface area contributed by atoms with E-state index in [1.807, 2.05) is 27.7 Å². The Morgan fingerprint density at radius 2 is 1.00 bits per heavy atom. The van der Waals surface area contributed by atoms with Gasteiger partial charge in [-0.3, -0.25) is 57.7 Å². The Bertz CT molecular complexity index is 2690. The van der Waals surface area contributed by atoms with Crippen LogP contribution in [0.2, 0.25) is 0 Å². The Hall–Kier alpha value is -7.43. The van der Waals surface area contributed by atoms with Crippen molar-refractivity contribution in [3.8, 4) is 0 Å². The lowest BCUT2D eigenvalue weighted by molar-refractivity contribution is -0.141. The summed E-state index contributed by atoms with van der Waals surface area (Å²) in [6.07, 6.45) is 4.40. The van der Waals surface area contributed by atoms with Gasteiger partial charge in [-0.15, -0.1) is 0 Å². The number of nitrogens with one attached hydrogen (secondary N) is 12. The summed E-state index contributed by atoms with van der Waals surface area (Å²) in [6.45, 7) is 15.7. The first-order valence-corrected chi connectivity index (χ1v) is 34.3. The van der Waals surface area contributed by atoms with Gasteiger partial charge in [-0.25, -0.2) is 0 Å². The Kier molecular flexibility index (Phi) is 42.0. The molecule has 19 N–H and O–H groups in total. The van der Waals surface area contributed by atoms with Gasteiger partial charge in [0.2, 0.25) is 59.1 Å². The maximum atomic E-state index is 13.8. The van der Waals surface area contributed by atoms with Gasteiger partial charge in [0.1, 0.15) is 36.3 Å². The smallest absolute Gasteiger partial charge is 0.305 e. The van der Waals surface area contributed by atoms with Crippen LogP contribution in [0.1, 0.15) is 138 Å². The summed E-state index contributed by atoms with van der Waals surface area (Å²) in [7, 11) is 0. The Balaban J connectivity index is 2.96. The molecule has 0 heterocycles. The number of carboxylic acid groups (broad SMARTS) is 1. The quantitative estimate of drug-likeness (QED) is 0.00960. The molecule has 1 aromatic carbocycles. The van der Waals surface area contributed by atoms with Crippen molar-refractivity contribution in [2.24, 2.45) is 32.7 Å². The highest BCUT2D eigenvalue weighted by Crippen LogP contribution is 2.16. The maximum absolute atomic E-state index is 13.8. The molecular weight excluding hydrogens is 1290 g/mol. The maximum Gasteiger partial charge on any atom is 0.305 e. The van der Waals surface area contributed by atoms with Crippen molar-refractivity contribution in [2.45, 2.75) is 192 Å². The van der Waals surface area contributed by atoms with E-state index in [0.717, 1.165) is 18.4 Å². The van der Waals surface area contributed by atoms with Crippen LogP contribution in [0.15, 0.2) is 45.6 Å². The number of carbonyl (C=O) groups is 11. The Labute approximate surface area is 572 Å². The second-order valence-corrected chi connectivity index (χ2v) is 25.8. The van der Waals surface area contributed by atoms with Gasteiger partial charge in [0.15, 0.2) is 5.96 Å². The van der Waals surface area contributed by atoms with Crippen LogP contribution in [-0.2, 0) is 59.2 Å². The van der Waals surface area contributed by atoms with Gasteiger partial charge in [-0.1, -0.05) is 40.6 Å². The molecule has 0 aliphatic rings. The van der Waals surface area contributed by atoms with Crippen molar-refractivity contribution in [1.29, 1.82) is 0 Å². The molecule has 95 heavy (non-hydrogen) atoms. The fourth-order valence-corrected chi connectivity index (χ4v) is 9.93. The minimum absolute atomic E-state index is 0.0145. The number of guanidine groups is 1. The summed E-state index contributed by atoms with van der Waals surface area (Å²) in [5.74, 6) is -9.09. The van der Waals surface area contributed by atoms with Gasteiger partial charge in [-0.05, 0) is 144 Å². The lowest BCUT2D eigenvalue weighted by Gasteiger charge is -2.28. The van der Waals surface area contributed by atoms with Crippen LogP contribution >= 0.6 is 37.0 Å². The summed E-state index contributed by atoms with van der Waals surface area (Å²) in [5.41, 5.74) is 11.7. The van der Waals surface area contributed by atoms with Crippen LogP contribution in [0, 0.1) is 5.92 Å². The van der Waals surface area contributed by atoms with E-state index in [9.17, 15) is 68.3 Å². The number of amides is 10. The molecule has 536 valence electrons. The van der Waals surface area contributed by atoms with E-state index in [1.54, 1.807) is 64.3 Å². The highest BCUT2D eigenvalue weighted by Gasteiger charge is 2.33. The van der Waals surface area contributed by atoms with Crippen molar-refractivity contribution in [2.75, 3.05) is 62.8 Å². The number of thioether (sulfide) groups is 1. The number of unbranched alkanes of at least 4 members (excludes halogenated alkanes) is 1. The predicted molar refractivity (Wildman–Crippen MR) is 371 cm³/mol. The van der Waals surface area contributed by atoms with Crippen LogP contribution in [0.25, 0.3) is 0 Å². The van der Waals surface area contributed by atoms with E-state index in [1.165, 1.54) is 11.8 Å². The fourth-order valence-electron chi connectivity index (χ4n) is 9.07. The number of nitrogens with two attached hydrogens (primary N) is 2. The van der Waals surface area contributed by atoms with E-state index < -0.39 is 114 Å². The second kappa shape index (κ2) is 46.6. The zero-order valence-corrected chi connectivity index (χ0v) is 58.8. The van der Waals surface area contributed by atoms with Gasteiger partial charge in [0.05, 0.1) is 41.2 Å². The SMILES string of the molecule is CSCC(=O)N[C@@H](CCCCNC(=O)CCCC(=O)NCCC(CCNC(C)(C)/C(C)=N\O)CCNC(C)(C)/C(C)=N\O)C(=O)N[C@@H](CS)C(=O)N[C@@H](CCCN=C(N)N)C(=O)NCC(=O)N[C@@H](CC(=O)O)C(=O)N[C@@H](CS)C(=O)N[C@@H](Cc1ccccc1)C(=O)NC(C)C. The monoisotopic (exact) mass is 1400 g/mol. The molecule has 6 atom stereocenters. The first-order valence-electron chi connectivity index (χ1n) is 31.6. The van der Waals surface area contributed by atoms with Gasteiger partial charge in [0.25, 0.3) is 0 Å². The molecule has 1 rings (SSSR count). The summed E-state index contributed by atoms with van der Waals surface area (Å²) >= 11 is 9.67. The zero-order chi connectivity index (χ0) is 71.7. The standard InChI is InChI=1S/C61H105N17O14S3/c1-37(2)70-55(87)44(31-41-17-11-10-12-18-41)74-58(90)47(35-94)76-56(88)45(32-52(83)84)72-50(81)33-67-53(85)42(20-16-27-66-59(62)63)73-57(89)46(34-93)75-54(86)43(71-51(82)36-95-9)19-13-14-26-64-48(79)21-15-22-49(80)65-28-23-40(24-29-68-60(5,6)38(3)77-91)25-30-69-61(7,8)39(4)78-92/h10-12,17-18,37,40,42-47,68-69,91-94H,13-16,19-36H2,1-9H3,(H,64,79)(H,65,80)(H,67,85)(H,70,87)(H,71,82)(H,72,81)(H,73,89)(H,74,90)(H,75,86)(H,76,88)(H,83,84)(H4,62,63,66)/b77-38-,78-39-/t42-,43-,44-,45-,46-,47-/m0/s1. The third-order valence-corrected chi connectivity index (χ3v) is 16.5. The second-order valence-electron chi connectivity index (χ2n) is 24.2. The number of aliphatic imine (C=N–C) groups is 1. The molecule has 0 spiro atoms. The lowest BCUT2D eigenvalue weighted by atomic mass is 9.94. The van der Waals surface area contributed by atoms with Crippen molar-refractivity contribution < 1.29 is 68.3 Å². The van der Waals surface area contributed by atoms with Crippen LogP contribution in [0.3, 0.4) is 0 Å². The summed E-state index contributed by atoms with van der Waals surface area (Å²) in [6, 6.07) is 0.384. The van der Waals surface area contributed by atoms with Crippen LogP contribution < -0.4 is 75.3 Å². The highest BCUT2D eigenvalue weighted by atomic mass is 32.2. The first kappa shape index (κ1) is 85.6. The predicted octanol–water partition coefficient (Wildman–Crippen LogP) is -0.674. The number of thiol groups is 2. The molecule has 0 bridgehead atoms. The number of carbonyl (C=O) groups excluding carboxylic acids is 10. The molecule has 0 aromatic heterocycles. The average molecular weight is 1400 g/mol. The molecule has 0 aliphatic carbocycles. The largest absolute Gasteiger partial charge is 0.481 e. The average Bonchev–Trinajstić information content (AvgIpc) is 0.998. The normalized spacial score (nSPS) is 13.7. The molecule has 0 radical (unpaired) electrons. The molecule has 10 amide bonds. The summed E-state index contributed by atoms with van der Waals surface area (Å²) < 4.78 is 0. The molecule has 31 nitrogen and oxygen atoms in total. The van der Waals surface area contributed by atoms with Crippen molar-refractivity contribution >= 4 is 119 Å². The van der Waals surface area contributed by atoms with Crippen LogP contribution in [-0.4, -0.2) is 214 Å². The fraction of sp³-hybridized carbons (Fsp3) is 0.672. The first-order chi connectivity index (χ1) is 44.8. The van der Waals surface area contributed by atoms with E-state index in [0.29, 0.717) is 56.7 Å². The van der Waals surface area contributed by atoms with Crippen LogP contribution in [0.4, 0.5) is 0 Å². The van der Waals surface area contributed by atoms with Gasteiger partial charge in [0, 0.05) is 56.4 Å². The Morgan fingerprint density at radius 1 is 0.537 bits per heavy atom. The number of aliphatic carboxylic acids is 1. The topological polar surface area (TPSA) is 482 Å². The van der Waals surface area contributed by atoms with Gasteiger partial charge in [-0.2, -0.15) is 37.0 Å². The van der Waals surface area contributed by atoms with Crippen LogP contribution in [0.5, 0.6) is 0 Å². The van der Waals surface area contributed by atoms with E-state index in [-0.39, 0.29) is 98.6 Å². The highest BCUT2D eigenvalue weighted by molar-refractivity contribution is 7.99. The lowest BCUT2D eigenvalue weighted by Crippen LogP contribution is -2.59. The van der Waals surface area contributed by atoms with E-state index in [4.69, 9.17) is 11.5 Å². The van der Waals surface area contributed by atoms with Gasteiger partial charge < -0.3 is 90.8 Å². The number of hydrogen-bond donors (Lipinski definition) is 19. The molecule has 0 fully saturated rings. The molecule has 0 saturated carbocycles. The third-order valence-electron chi connectivity index (χ3n) is 15.2. The number of nitrogens with zero attached hydrogens (tertiary/aromatic N) is 3. The number of benzene rings is 1.